The van der Waals surface area contributed by atoms with Gasteiger partial charge >= 0.3 is 0 Å². The first-order valence-corrected chi connectivity index (χ1v) is 6.00. The molecule has 1 N–H and O–H groups in total. The summed E-state index contributed by atoms with van der Waals surface area (Å²) < 4.78 is 2.18. The molecule has 1 aliphatic rings. The standard InChI is InChI=1S/C13H17N3/c1-10-13(11-5-4-7-14-9-11)15-12-6-2-3-8-16(10)12/h2-3,6,8,11,14H,4-5,7,9H2,1H3. The SMILES string of the molecule is Cc1c(C2CCCNC2)nc2ccccn12. The summed E-state index contributed by atoms with van der Waals surface area (Å²) in [5.74, 6) is 0.591. The van der Waals surface area contributed by atoms with Gasteiger partial charge in [0.15, 0.2) is 0 Å². The molecule has 1 unspecified atom stereocenters. The van der Waals surface area contributed by atoms with Gasteiger partial charge in [0.1, 0.15) is 5.65 Å². The number of hydrogen-bond donors (Lipinski definition) is 1. The monoisotopic (exact) mass is 215 g/mol. The Hall–Kier alpha value is -1.35. The summed E-state index contributed by atoms with van der Waals surface area (Å²) in [5.41, 5.74) is 3.64. The van der Waals surface area contributed by atoms with Gasteiger partial charge in [0.2, 0.25) is 0 Å². The predicted molar refractivity (Wildman–Crippen MR) is 64.8 cm³/mol. The molecule has 0 amide bonds. The Balaban J connectivity index is 2.05. The zero-order valence-electron chi connectivity index (χ0n) is 9.61. The van der Waals surface area contributed by atoms with Crippen LogP contribution in [0.2, 0.25) is 0 Å². The van der Waals surface area contributed by atoms with Crippen molar-refractivity contribution in [3.63, 3.8) is 0 Å². The third kappa shape index (κ3) is 1.52. The van der Waals surface area contributed by atoms with Crippen LogP contribution in [-0.4, -0.2) is 22.5 Å². The van der Waals surface area contributed by atoms with E-state index < -0.39 is 0 Å². The number of pyridine rings is 1. The summed E-state index contributed by atoms with van der Waals surface area (Å²) in [5, 5.41) is 3.46. The summed E-state index contributed by atoms with van der Waals surface area (Å²) in [7, 11) is 0. The van der Waals surface area contributed by atoms with Crippen molar-refractivity contribution in [2.45, 2.75) is 25.7 Å². The molecule has 3 heterocycles. The molecule has 0 radical (unpaired) electrons. The van der Waals surface area contributed by atoms with E-state index in [4.69, 9.17) is 4.98 Å². The van der Waals surface area contributed by atoms with Gasteiger partial charge in [0, 0.05) is 24.4 Å². The molecule has 1 atom stereocenters. The Morgan fingerprint density at radius 1 is 1.44 bits per heavy atom. The lowest BCUT2D eigenvalue weighted by molar-refractivity contribution is 0.454. The van der Waals surface area contributed by atoms with Gasteiger partial charge in [-0.2, -0.15) is 0 Å². The molecule has 1 aliphatic heterocycles. The first kappa shape index (κ1) is 9.85. The summed E-state index contributed by atoms with van der Waals surface area (Å²) in [6, 6.07) is 6.18. The molecule has 0 aliphatic carbocycles. The van der Waals surface area contributed by atoms with Crippen LogP contribution >= 0.6 is 0 Å². The van der Waals surface area contributed by atoms with Gasteiger partial charge in [-0.15, -0.1) is 0 Å². The highest BCUT2D eigenvalue weighted by Gasteiger charge is 2.20. The molecular weight excluding hydrogens is 198 g/mol. The fraction of sp³-hybridized carbons (Fsp3) is 0.462. The van der Waals surface area contributed by atoms with Gasteiger partial charge in [-0.05, 0) is 38.4 Å². The van der Waals surface area contributed by atoms with Crippen molar-refractivity contribution in [3.8, 4) is 0 Å². The first-order chi connectivity index (χ1) is 7.86. The normalized spacial score (nSPS) is 21.4. The second-order valence-electron chi connectivity index (χ2n) is 4.55. The minimum absolute atomic E-state index is 0.591. The summed E-state index contributed by atoms with van der Waals surface area (Å²) in [6.07, 6.45) is 4.62. The van der Waals surface area contributed by atoms with Crippen LogP contribution in [-0.2, 0) is 0 Å². The maximum atomic E-state index is 4.76. The van der Waals surface area contributed by atoms with E-state index in [2.05, 4.69) is 35.0 Å². The lowest BCUT2D eigenvalue weighted by atomic mass is 9.95. The number of fused-ring (bicyclic) bond motifs is 1. The largest absolute Gasteiger partial charge is 0.316 e. The maximum Gasteiger partial charge on any atom is 0.137 e. The molecule has 84 valence electrons. The zero-order chi connectivity index (χ0) is 11.0. The van der Waals surface area contributed by atoms with Gasteiger partial charge in [-0.3, -0.25) is 0 Å². The van der Waals surface area contributed by atoms with E-state index in [9.17, 15) is 0 Å². The van der Waals surface area contributed by atoms with Crippen molar-refractivity contribution in [1.82, 2.24) is 14.7 Å². The minimum atomic E-state index is 0.591. The third-order valence-electron chi connectivity index (χ3n) is 3.49. The molecule has 3 heteroatoms. The van der Waals surface area contributed by atoms with E-state index >= 15 is 0 Å². The minimum Gasteiger partial charge on any atom is -0.316 e. The van der Waals surface area contributed by atoms with Crippen LogP contribution in [0.5, 0.6) is 0 Å². The van der Waals surface area contributed by atoms with Gasteiger partial charge < -0.3 is 9.72 Å². The predicted octanol–water partition coefficient (Wildman–Crippen LogP) is 2.11. The van der Waals surface area contributed by atoms with Crippen molar-refractivity contribution < 1.29 is 0 Å². The zero-order valence-corrected chi connectivity index (χ0v) is 9.61. The van der Waals surface area contributed by atoms with E-state index in [0.29, 0.717) is 5.92 Å². The third-order valence-corrected chi connectivity index (χ3v) is 3.49. The Labute approximate surface area is 95.5 Å². The van der Waals surface area contributed by atoms with Crippen LogP contribution in [0.4, 0.5) is 0 Å². The number of nitrogens with one attached hydrogen (secondary N) is 1. The number of hydrogen-bond acceptors (Lipinski definition) is 2. The summed E-state index contributed by atoms with van der Waals surface area (Å²) >= 11 is 0. The van der Waals surface area contributed by atoms with E-state index in [1.807, 2.05) is 6.07 Å². The molecule has 16 heavy (non-hydrogen) atoms. The Morgan fingerprint density at radius 2 is 2.38 bits per heavy atom. The molecule has 0 bridgehead atoms. The van der Waals surface area contributed by atoms with E-state index in [-0.39, 0.29) is 0 Å². The molecule has 3 rings (SSSR count). The van der Waals surface area contributed by atoms with E-state index in [0.717, 1.165) is 18.7 Å². The van der Waals surface area contributed by atoms with Crippen LogP contribution in [0.25, 0.3) is 5.65 Å². The second kappa shape index (κ2) is 3.91. The molecule has 2 aromatic heterocycles. The van der Waals surface area contributed by atoms with E-state index in [1.165, 1.54) is 24.2 Å². The highest BCUT2D eigenvalue weighted by Crippen LogP contribution is 2.25. The van der Waals surface area contributed by atoms with Crippen molar-refractivity contribution in [3.05, 3.63) is 35.8 Å². The van der Waals surface area contributed by atoms with Crippen LogP contribution < -0.4 is 5.32 Å². The molecule has 0 saturated carbocycles. The Bertz CT molecular complexity index is 495. The Morgan fingerprint density at radius 3 is 3.12 bits per heavy atom. The number of rotatable bonds is 1. The topological polar surface area (TPSA) is 29.3 Å². The van der Waals surface area contributed by atoms with Crippen molar-refractivity contribution in [2.24, 2.45) is 0 Å². The number of nitrogens with zero attached hydrogens (tertiary/aromatic N) is 2. The van der Waals surface area contributed by atoms with Gasteiger partial charge in [0.25, 0.3) is 0 Å². The molecule has 3 nitrogen and oxygen atoms in total. The number of aryl methyl sites for hydroxylation is 1. The number of aromatic nitrogens is 2. The van der Waals surface area contributed by atoms with Crippen molar-refractivity contribution >= 4 is 5.65 Å². The van der Waals surface area contributed by atoms with Gasteiger partial charge in [-0.25, -0.2) is 4.98 Å². The highest BCUT2D eigenvalue weighted by atomic mass is 15.0. The van der Waals surface area contributed by atoms with Crippen LogP contribution in [0.3, 0.4) is 0 Å². The highest BCUT2D eigenvalue weighted by molar-refractivity contribution is 5.43. The fourth-order valence-electron chi connectivity index (χ4n) is 2.61. The number of imidazole rings is 1. The number of piperidine rings is 1. The fourth-order valence-corrected chi connectivity index (χ4v) is 2.61. The van der Waals surface area contributed by atoms with Crippen molar-refractivity contribution in [1.29, 1.82) is 0 Å². The molecule has 1 fully saturated rings. The van der Waals surface area contributed by atoms with Crippen LogP contribution in [0, 0.1) is 6.92 Å². The van der Waals surface area contributed by atoms with Gasteiger partial charge in [0.05, 0.1) is 5.69 Å². The first-order valence-electron chi connectivity index (χ1n) is 6.00. The quantitative estimate of drug-likeness (QED) is 0.789. The van der Waals surface area contributed by atoms with Crippen LogP contribution in [0.15, 0.2) is 24.4 Å². The molecule has 0 aromatic carbocycles. The molecular formula is C13H17N3. The lowest BCUT2D eigenvalue weighted by Gasteiger charge is -2.21. The summed E-state index contributed by atoms with van der Waals surface area (Å²) in [4.78, 5) is 4.76. The van der Waals surface area contributed by atoms with Gasteiger partial charge in [-0.1, -0.05) is 6.07 Å². The maximum absolute atomic E-state index is 4.76. The average molecular weight is 215 g/mol. The lowest BCUT2D eigenvalue weighted by Crippen LogP contribution is -2.28. The Kier molecular flexibility index (Phi) is 2.40. The molecule has 2 aromatic rings. The molecule has 0 spiro atoms. The smallest absolute Gasteiger partial charge is 0.137 e. The van der Waals surface area contributed by atoms with Crippen molar-refractivity contribution in [2.75, 3.05) is 13.1 Å². The second-order valence-corrected chi connectivity index (χ2v) is 4.55. The molecule has 1 saturated heterocycles. The van der Waals surface area contributed by atoms with E-state index in [1.54, 1.807) is 0 Å². The average Bonchev–Trinajstić information content (AvgIpc) is 2.69. The summed E-state index contributed by atoms with van der Waals surface area (Å²) in [6.45, 7) is 4.40. The van der Waals surface area contributed by atoms with Crippen LogP contribution in [0.1, 0.15) is 30.1 Å².